The quantitative estimate of drug-likeness (QED) is 0.593. The van der Waals surface area contributed by atoms with Crippen molar-refractivity contribution in [1.82, 2.24) is 0 Å². The van der Waals surface area contributed by atoms with Crippen molar-refractivity contribution in [3.05, 3.63) is 80.3 Å². The monoisotopic (exact) mass is 332 g/mol. The third kappa shape index (κ3) is 2.48. The number of benzene rings is 2. The van der Waals surface area contributed by atoms with Crippen molar-refractivity contribution in [3.63, 3.8) is 0 Å². The van der Waals surface area contributed by atoms with Crippen LogP contribution < -0.4 is 0 Å². The van der Waals surface area contributed by atoms with Crippen LogP contribution in [-0.2, 0) is 12.8 Å². The zero-order valence-electron chi connectivity index (χ0n) is 11.5. The maximum absolute atomic E-state index is 3.53. The average Bonchev–Trinajstić information content (AvgIpc) is 3.07. The molecule has 2 aliphatic rings. The van der Waals surface area contributed by atoms with Crippen LogP contribution in [0.5, 0.6) is 0 Å². The summed E-state index contributed by atoms with van der Waals surface area (Å²) in [6, 6.07) is 14.9. The van der Waals surface area contributed by atoms with Crippen LogP contribution in [0.3, 0.4) is 0 Å². The van der Waals surface area contributed by atoms with E-state index in [0.29, 0.717) is 0 Å². The van der Waals surface area contributed by atoms with Gasteiger partial charge in [0, 0.05) is 28.5 Å². The standard InChI is InChI=1S/C20H13Br/c21-20-8-7-18-11-15(12-19(18)13-20)6-5-14-9-16-3-1-2-4-17(16)10-14/h1-4,7-9,11,13H,10,12H2. The van der Waals surface area contributed by atoms with Crippen molar-refractivity contribution < 1.29 is 0 Å². The molecule has 2 aromatic carbocycles. The van der Waals surface area contributed by atoms with Gasteiger partial charge in [-0.2, -0.15) is 0 Å². The Balaban J connectivity index is 1.56. The number of halogens is 1. The summed E-state index contributed by atoms with van der Waals surface area (Å²) >= 11 is 3.53. The molecule has 1 heteroatoms. The second-order valence-electron chi connectivity index (χ2n) is 5.48. The zero-order valence-corrected chi connectivity index (χ0v) is 13.1. The van der Waals surface area contributed by atoms with Gasteiger partial charge in [-0.3, -0.25) is 0 Å². The van der Waals surface area contributed by atoms with E-state index in [1.165, 1.54) is 33.4 Å². The highest BCUT2D eigenvalue weighted by Gasteiger charge is 2.12. The van der Waals surface area contributed by atoms with E-state index >= 15 is 0 Å². The molecule has 0 unspecified atom stereocenters. The van der Waals surface area contributed by atoms with Gasteiger partial charge in [-0.1, -0.05) is 58.1 Å². The summed E-state index contributed by atoms with van der Waals surface area (Å²) in [5.41, 5.74) is 7.78. The molecule has 0 bridgehead atoms. The third-order valence-electron chi connectivity index (χ3n) is 3.96. The molecular weight excluding hydrogens is 320 g/mol. The first-order valence-electron chi connectivity index (χ1n) is 7.07. The van der Waals surface area contributed by atoms with Crippen LogP contribution in [0.15, 0.2) is 58.1 Å². The minimum atomic E-state index is 0.946. The van der Waals surface area contributed by atoms with Crippen molar-refractivity contribution in [2.75, 3.05) is 0 Å². The Morgan fingerprint density at radius 3 is 2.19 bits per heavy atom. The molecule has 0 heterocycles. The number of hydrogen-bond acceptors (Lipinski definition) is 0. The van der Waals surface area contributed by atoms with E-state index in [0.717, 1.165) is 17.3 Å². The fraction of sp³-hybridized carbons (Fsp3) is 0.100. The van der Waals surface area contributed by atoms with Crippen molar-refractivity contribution in [2.24, 2.45) is 0 Å². The van der Waals surface area contributed by atoms with E-state index in [-0.39, 0.29) is 0 Å². The molecule has 21 heavy (non-hydrogen) atoms. The average molecular weight is 333 g/mol. The van der Waals surface area contributed by atoms with Gasteiger partial charge in [0.2, 0.25) is 0 Å². The highest BCUT2D eigenvalue weighted by molar-refractivity contribution is 9.10. The van der Waals surface area contributed by atoms with Gasteiger partial charge in [0.15, 0.2) is 0 Å². The molecule has 0 amide bonds. The van der Waals surface area contributed by atoms with Crippen LogP contribution in [0.25, 0.3) is 12.2 Å². The van der Waals surface area contributed by atoms with Crippen molar-refractivity contribution >= 4 is 28.1 Å². The largest absolute Gasteiger partial charge is 0.0661 e. The Morgan fingerprint density at radius 1 is 0.762 bits per heavy atom. The number of fused-ring (bicyclic) bond motifs is 2. The SMILES string of the molecule is Brc1ccc2c(c1)CC(C#CC1=Cc3ccccc3C1)=C2. The lowest BCUT2D eigenvalue weighted by atomic mass is 10.1. The van der Waals surface area contributed by atoms with Crippen LogP contribution in [0, 0.1) is 11.8 Å². The summed E-state index contributed by atoms with van der Waals surface area (Å²) in [6.07, 6.45) is 6.33. The van der Waals surface area contributed by atoms with Crippen molar-refractivity contribution in [3.8, 4) is 11.8 Å². The molecule has 0 N–H and O–H groups in total. The lowest BCUT2D eigenvalue weighted by molar-refractivity contribution is 1.25. The Hall–Kier alpha value is -2.04. The highest BCUT2D eigenvalue weighted by atomic mass is 79.9. The van der Waals surface area contributed by atoms with Crippen LogP contribution in [0.1, 0.15) is 22.3 Å². The number of hydrogen-bond donors (Lipinski definition) is 0. The molecule has 2 aromatic rings. The Kier molecular flexibility index (Phi) is 3.05. The molecule has 0 aromatic heterocycles. The molecule has 0 spiro atoms. The van der Waals surface area contributed by atoms with Crippen molar-refractivity contribution in [2.45, 2.75) is 12.8 Å². The molecule has 4 rings (SSSR count). The second kappa shape index (κ2) is 5.06. The summed E-state index contributed by atoms with van der Waals surface area (Å²) in [4.78, 5) is 0. The van der Waals surface area contributed by atoms with Crippen LogP contribution in [0.4, 0.5) is 0 Å². The van der Waals surface area contributed by atoms with Gasteiger partial charge in [0.25, 0.3) is 0 Å². The minimum absolute atomic E-state index is 0.946. The molecule has 0 radical (unpaired) electrons. The topological polar surface area (TPSA) is 0 Å². The number of allylic oxidation sites excluding steroid dienone is 2. The van der Waals surface area contributed by atoms with Gasteiger partial charge in [0.1, 0.15) is 0 Å². The summed E-state index contributed by atoms with van der Waals surface area (Å²) < 4.78 is 1.14. The fourth-order valence-corrected chi connectivity index (χ4v) is 3.32. The Morgan fingerprint density at radius 2 is 1.43 bits per heavy atom. The molecule has 0 fully saturated rings. The Bertz CT molecular complexity index is 857. The molecule has 0 nitrogen and oxygen atoms in total. The van der Waals surface area contributed by atoms with E-state index in [4.69, 9.17) is 0 Å². The summed E-state index contributed by atoms with van der Waals surface area (Å²) in [5, 5.41) is 0. The predicted molar refractivity (Wildman–Crippen MR) is 91.7 cm³/mol. The molecular formula is C20H13Br. The van der Waals surface area contributed by atoms with Gasteiger partial charge in [-0.15, -0.1) is 0 Å². The molecule has 0 atom stereocenters. The van der Waals surface area contributed by atoms with Crippen LogP contribution in [-0.4, -0.2) is 0 Å². The summed E-state index contributed by atoms with van der Waals surface area (Å²) in [5.74, 6) is 6.70. The van der Waals surface area contributed by atoms with Gasteiger partial charge >= 0.3 is 0 Å². The fourth-order valence-electron chi connectivity index (χ4n) is 2.91. The predicted octanol–water partition coefficient (Wildman–Crippen LogP) is 5.03. The molecule has 0 aliphatic heterocycles. The van der Waals surface area contributed by atoms with E-state index in [9.17, 15) is 0 Å². The zero-order chi connectivity index (χ0) is 14.2. The molecule has 2 aliphatic carbocycles. The van der Waals surface area contributed by atoms with E-state index in [1.807, 2.05) is 0 Å². The Labute approximate surface area is 133 Å². The first-order chi connectivity index (χ1) is 10.3. The van der Waals surface area contributed by atoms with Gasteiger partial charge < -0.3 is 0 Å². The first-order valence-corrected chi connectivity index (χ1v) is 7.87. The molecule has 0 saturated carbocycles. The first kappa shape index (κ1) is 12.7. The van der Waals surface area contributed by atoms with Gasteiger partial charge in [0.05, 0.1) is 0 Å². The lowest BCUT2D eigenvalue weighted by Gasteiger charge is -1.97. The van der Waals surface area contributed by atoms with Gasteiger partial charge in [-0.05, 0) is 46.5 Å². The van der Waals surface area contributed by atoms with Crippen LogP contribution in [0.2, 0.25) is 0 Å². The third-order valence-corrected chi connectivity index (χ3v) is 4.46. The molecule has 100 valence electrons. The lowest BCUT2D eigenvalue weighted by Crippen LogP contribution is -1.84. The van der Waals surface area contributed by atoms with Crippen molar-refractivity contribution in [1.29, 1.82) is 0 Å². The van der Waals surface area contributed by atoms with Crippen LogP contribution >= 0.6 is 15.9 Å². The highest BCUT2D eigenvalue weighted by Crippen LogP contribution is 2.28. The summed E-state index contributed by atoms with van der Waals surface area (Å²) in [6.45, 7) is 0. The maximum Gasteiger partial charge on any atom is 0.0178 e. The second-order valence-corrected chi connectivity index (χ2v) is 6.40. The minimum Gasteiger partial charge on any atom is -0.0661 e. The smallest absolute Gasteiger partial charge is 0.0178 e. The maximum atomic E-state index is 3.53. The van der Waals surface area contributed by atoms with E-state index in [2.05, 4.69) is 82.4 Å². The van der Waals surface area contributed by atoms with E-state index < -0.39 is 0 Å². The number of rotatable bonds is 0. The molecule has 0 saturated heterocycles. The summed E-state index contributed by atoms with van der Waals surface area (Å²) in [7, 11) is 0. The normalized spacial score (nSPS) is 14.7. The van der Waals surface area contributed by atoms with Gasteiger partial charge in [-0.25, -0.2) is 0 Å². The van der Waals surface area contributed by atoms with E-state index in [1.54, 1.807) is 0 Å².